The predicted molar refractivity (Wildman–Crippen MR) is 48.9 cm³/mol. The minimum Gasteiger partial charge on any atom is -0.478 e. The number of hydrogen-bond donors (Lipinski definition) is 1. The van der Waals surface area contributed by atoms with Crippen molar-refractivity contribution in [1.29, 1.82) is 0 Å². The first-order chi connectivity index (χ1) is 5.54. The Hall–Kier alpha value is -0.990. The molecule has 0 atom stereocenters. The molecule has 1 N–H and O–H groups in total. The quantitative estimate of drug-likeness (QED) is 0.654. The van der Waals surface area contributed by atoms with Crippen molar-refractivity contribution in [2.24, 2.45) is 0 Å². The maximum Gasteiger partial charge on any atom is 0.333 e. The molecule has 3 nitrogen and oxygen atoms in total. The Bertz CT molecular complexity index is 195. The summed E-state index contributed by atoms with van der Waals surface area (Å²) in [5.74, 6) is -0.803. The first-order valence-corrected chi connectivity index (χ1v) is 4.17. The highest BCUT2D eigenvalue weighted by atomic mass is 16.4. The van der Waals surface area contributed by atoms with E-state index < -0.39 is 5.97 Å². The van der Waals surface area contributed by atoms with Crippen molar-refractivity contribution in [3.63, 3.8) is 0 Å². The van der Waals surface area contributed by atoms with Gasteiger partial charge in [0.05, 0.1) is 5.57 Å². The molecule has 0 amide bonds. The number of nitrogens with zero attached hydrogens (tertiary/aromatic N) is 1. The van der Waals surface area contributed by atoms with E-state index in [0.717, 1.165) is 12.1 Å². The Morgan fingerprint density at radius 3 is 1.83 bits per heavy atom. The normalized spacial score (nSPS) is 12.3. The minimum atomic E-state index is -0.803. The number of carboxylic acids is 1. The first-order valence-electron chi connectivity index (χ1n) is 4.17. The third-order valence-corrected chi connectivity index (χ3v) is 1.83. The highest BCUT2D eigenvalue weighted by Gasteiger charge is 2.11. The lowest BCUT2D eigenvalue weighted by atomic mass is 10.1. The summed E-state index contributed by atoms with van der Waals surface area (Å²) in [4.78, 5) is 12.6. The molecule has 0 aromatic heterocycles. The summed E-state index contributed by atoms with van der Waals surface area (Å²) in [6.07, 6.45) is 1.35. The molecule has 0 aromatic carbocycles. The maximum atomic E-state index is 10.8. The topological polar surface area (TPSA) is 40.5 Å². The minimum absolute atomic E-state index is 0.516. The van der Waals surface area contributed by atoms with E-state index in [1.54, 1.807) is 0 Å². The molecule has 0 aromatic rings. The zero-order chi connectivity index (χ0) is 9.72. The summed E-state index contributed by atoms with van der Waals surface area (Å²) in [5.41, 5.74) is 1.42. The standard InChI is InChI=1S/C9H17NO2/c1-5-7(9(11)12)8(6-2)10(3)4/h5-6H2,1-4H3,(H,11,12). The van der Waals surface area contributed by atoms with Gasteiger partial charge in [0.25, 0.3) is 0 Å². The van der Waals surface area contributed by atoms with Gasteiger partial charge in [0, 0.05) is 19.8 Å². The Morgan fingerprint density at radius 2 is 1.75 bits per heavy atom. The predicted octanol–water partition coefficient (Wildman–Crippen LogP) is 1.71. The van der Waals surface area contributed by atoms with Crippen LogP contribution in [-0.4, -0.2) is 30.1 Å². The van der Waals surface area contributed by atoms with Gasteiger partial charge in [-0.05, 0) is 12.8 Å². The molecule has 0 spiro atoms. The number of carboxylic acid groups (broad SMARTS) is 1. The molecule has 0 aliphatic heterocycles. The molecule has 3 heteroatoms. The van der Waals surface area contributed by atoms with Gasteiger partial charge in [-0.15, -0.1) is 0 Å². The smallest absolute Gasteiger partial charge is 0.333 e. The van der Waals surface area contributed by atoms with Crippen molar-refractivity contribution >= 4 is 5.97 Å². The van der Waals surface area contributed by atoms with Crippen molar-refractivity contribution in [3.05, 3.63) is 11.3 Å². The van der Waals surface area contributed by atoms with E-state index in [4.69, 9.17) is 5.11 Å². The number of aliphatic carboxylic acids is 1. The van der Waals surface area contributed by atoms with Crippen LogP contribution < -0.4 is 0 Å². The second-order valence-corrected chi connectivity index (χ2v) is 2.83. The van der Waals surface area contributed by atoms with Gasteiger partial charge >= 0.3 is 5.97 Å². The van der Waals surface area contributed by atoms with Gasteiger partial charge in [-0.3, -0.25) is 0 Å². The molecule has 0 saturated carbocycles. The highest BCUT2D eigenvalue weighted by Crippen LogP contribution is 2.14. The van der Waals surface area contributed by atoms with E-state index >= 15 is 0 Å². The van der Waals surface area contributed by atoms with Gasteiger partial charge in [-0.1, -0.05) is 13.8 Å². The number of carbonyl (C=O) groups is 1. The highest BCUT2D eigenvalue weighted by molar-refractivity contribution is 5.87. The zero-order valence-electron chi connectivity index (χ0n) is 8.22. The molecule has 0 unspecified atom stereocenters. The maximum absolute atomic E-state index is 10.8. The lowest BCUT2D eigenvalue weighted by Crippen LogP contribution is -2.16. The Kier molecular flexibility index (Phi) is 4.40. The molecular formula is C9H17NO2. The van der Waals surface area contributed by atoms with E-state index in [9.17, 15) is 4.79 Å². The van der Waals surface area contributed by atoms with E-state index in [0.29, 0.717) is 12.0 Å². The molecular weight excluding hydrogens is 154 g/mol. The molecule has 0 fully saturated rings. The van der Waals surface area contributed by atoms with Crippen LogP contribution >= 0.6 is 0 Å². The summed E-state index contributed by atoms with van der Waals surface area (Å²) in [5, 5.41) is 8.84. The molecule has 0 bridgehead atoms. The third-order valence-electron chi connectivity index (χ3n) is 1.83. The Morgan fingerprint density at radius 1 is 1.25 bits per heavy atom. The summed E-state index contributed by atoms with van der Waals surface area (Å²) >= 11 is 0. The summed E-state index contributed by atoms with van der Waals surface area (Å²) in [7, 11) is 3.74. The van der Waals surface area contributed by atoms with Gasteiger partial charge in [0.15, 0.2) is 0 Å². The van der Waals surface area contributed by atoms with Crippen LogP contribution in [0.25, 0.3) is 0 Å². The van der Waals surface area contributed by atoms with Gasteiger partial charge < -0.3 is 10.0 Å². The largest absolute Gasteiger partial charge is 0.478 e. The average molecular weight is 171 g/mol. The molecule has 0 aliphatic rings. The van der Waals surface area contributed by atoms with Gasteiger partial charge in [0.1, 0.15) is 0 Å². The van der Waals surface area contributed by atoms with Crippen molar-refractivity contribution in [3.8, 4) is 0 Å². The van der Waals surface area contributed by atoms with Crippen molar-refractivity contribution < 1.29 is 9.90 Å². The summed E-state index contributed by atoms with van der Waals surface area (Å²) in [6, 6.07) is 0. The molecule has 0 rings (SSSR count). The van der Waals surface area contributed by atoms with Crippen molar-refractivity contribution in [1.82, 2.24) is 4.90 Å². The van der Waals surface area contributed by atoms with Crippen LogP contribution in [0.1, 0.15) is 26.7 Å². The fraction of sp³-hybridized carbons (Fsp3) is 0.667. The average Bonchev–Trinajstić information content (AvgIpc) is 1.98. The van der Waals surface area contributed by atoms with Crippen LogP contribution in [0.2, 0.25) is 0 Å². The van der Waals surface area contributed by atoms with Crippen LogP contribution in [-0.2, 0) is 4.79 Å². The molecule has 0 saturated heterocycles. The van der Waals surface area contributed by atoms with Gasteiger partial charge in [0.2, 0.25) is 0 Å². The van der Waals surface area contributed by atoms with Crippen molar-refractivity contribution in [2.45, 2.75) is 26.7 Å². The monoisotopic (exact) mass is 171 g/mol. The van der Waals surface area contributed by atoms with Crippen LogP contribution in [0.5, 0.6) is 0 Å². The SMILES string of the molecule is CCC(C(=O)O)=C(CC)N(C)C. The van der Waals surface area contributed by atoms with Gasteiger partial charge in [-0.25, -0.2) is 4.79 Å². The molecule has 0 heterocycles. The Labute approximate surface area is 73.7 Å². The third kappa shape index (κ3) is 2.57. The lowest BCUT2D eigenvalue weighted by molar-refractivity contribution is -0.132. The fourth-order valence-corrected chi connectivity index (χ4v) is 1.28. The molecule has 12 heavy (non-hydrogen) atoms. The molecule has 70 valence electrons. The second-order valence-electron chi connectivity index (χ2n) is 2.83. The number of hydrogen-bond acceptors (Lipinski definition) is 2. The number of allylic oxidation sites excluding steroid dienone is 1. The van der Waals surface area contributed by atoms with Crippen LogP contribution in [0.3, 0.4) is 0 Å². The van der Waals surface area contributed by atoms with Gasteiger partial charge in [-0.2, -0.15) is 0 Å². The molecule has 0 radical (unpaired) electrons. The fourth-order valence-electron chi connectivity index (χ4n) is 1.28. The Balaban J connectivity index is 4.87. The van der Waals surface area contributed by atoms with Crippen LogP contribution in [0, 0.1) is 0 Å². The van der Waals surface area contributed by atoms with E-state index in [1.165, 1.54) is 0 Å². The van der Waals surface area contributed by atoms with E-state index in [-0.39, 0.29) is 0 Å². The summed E-state index contributed by atoms with van der Waals surface area (Å²) in [6.45, 7) is 3.83. The lowest BCUT2D eigenvalue weighted by Gasteiger charge is -2.18. The van der Waals surface area contributed by atoms with Crippen LogP contribution in [0.4, 0.5) is 0 Å². The zero-order valence-corrected chi connectivity index (χ0v) is 8.22. The van der Waals surface area contributed by atoms with E-state index in [2.05, 4.69) is 0 Å². The van der Waals surface area contributed by atoms with Crippen LogP contribution in [0.15, 0.2) is 11.3 Å². The number of rotatable bonds is 4. The molecule has 0 aliphatic carbocycles. The van der Waals surface area contributed by atoms with E-state index in [1.807, 2.05) is 32.8 Å². The summed E-state index contributed by atoms with van der Waals surface area (Å²) < 4.78 is 0. The second kappa shape index (κ2) is 4.80. The van der Waals surface area contributed by atoms with Crippen molar-refractivity contribution in [2.75, 3.05) is 14.1 Å². The first kappa shape index (κ1) is 11.0.